The molecule has 9 nitrogen and oxygen atoms in total. The zero-order valence-electron chi connectivity index (χ0n) is 16.1. The average Bonchev–Trinajstić information content (AvgIpc) is 3.46. The topological polar surface area (TPSA) is 93.2 Å². The molecule has 0 saturated heterocycles. The van der Waals surface area contributed by atoms with Gasteiger partial charge in [-0.3, -0.25) is 24.4 Å². The number of halogens is 1. The predicted molar refractivity (Wildman–Crippen MR) is 115 cm³/mol. The first-order chi connectivity index (χ1) is 14.5. The van der Waals surface area contributed by atoms with E-state index in [4.69, 9.17) is 11.6 Å². The Hall–Kier alpha value is -3.11. The number of nitrogens with one attached hydrogen (secondary N) is 2. The van der Waals surface area contributed by atoms with E-state index in [1.165, 1.54) is 16.2 Å². The number of aliphatic imine (C=N–C) groups is 1. The number of hydrogen-bond acceptors (Lipinski definition) is 8. The smallest absolute Gasteiger partial charge is 0.280 e. The second kappa shape index (κ2) is 7.29. The van der Waals surface area contributed by atoms with E-state index in [1.54, 1.807) is 24.1 Å². The summed E-state index contributed by atoms with van der Waals surface area (Å²) in [5.74, 6) is 0.967. The van der Waals surface area contributed by atoms with Crippen LogP contribution >= 0.6 is 22.9 Å². The SMILES string of the molecule is CN1C(=O)C2=C(NCN2CC(=O)Nc2nc(-c3ccc(Cl)cc3)cs2)N2CCN=C12. The number of rotatable bonds is 4. The number of amides is 2. The molecule has 0 atom stereocenters. The van der Waals surface area contributed by atoms with Crippen LogP contribution in [0.3, 0.4) is 0 Å². The lowest BCUT2D eigenvalue weighted by atomic mass is 10.2. The van der Waals surface area contributed by atoms with Gasteiger partial charge in [0, 0.05) is 29.6 Å². The van der Waals surface area contributed by atoms with Crippen molar-refractivity contribution in [3.63, 3.8) is 0 Å². The number of anilines is 1. The quantitative estimate of drug-likeness (QED) is 0.745. The summed E-state index contributed by atoms with van der Waals surface area (Å²) in [4.78, 5) is 39.6. The maximum absolute atomic E-state index is 12.8. The zero-order chi connectivity index (χ0) is 20.8. The summed E-state index contributed by atoms with van der Waals surface area (Å²) in [7, 11) is 1.70. The molecule has 4 heterocycles. The lowest BCUT2D eigenvalue weighted by molar-refractivity contribution is -0.125. The van der Waals surface area contributed by atoms with Crippen LogP contribution in [0.4, 0.5) is 5.13 Å². The largest absolute Gasteiger partial charge is 0.352 e. The number of fused-ring (bicyclic) bond motifs is 2. The normalized spacial score (nSPS) is 17.7. The van der Waals surface area contributed by atoms with Gasteiger partial charge in [0.1, 0.15) is 11.5 Å². The Bertz CT molecular complexity index is 1090. The molecular formula is C19H18ClN7O2S. The van der Waals surface area contributed by atoms with Gasteiger partial charge in [-0.1, -0.05) is 23.7 Å². The third-order valence-corrected chi connectivity index (χ3v) is 6.11. The minimum Gasteiger partial charge on any atom is -0.352 e. The summed E-state index contributed by atoms with van der Waals surface area (Å²) in [5, 5.41) is 9.10. The van der Waals surface area contributed by atoms with Crippen molar-refractivity contribution in [1.29, 1.82) is 0 Å². The van der Waals surface area contributed by atoms with Crippen molar-refractivity contribution in [1.82, 2.24) is 25.0 Å². The van der Waals surface area contributed by atoms with Crippen molar-refractivity contribution in [2.24, 2.45) is 4.99 Å². The number of thiazole rings is 1. The fourth-order valence-electron chi connectivity index (χ4n) is 3.68. The number of guanidine groups is 1. The molecule has 0 aliphatic carbocycles. The molecule has 2 amide bonds. The van der Waals surface area contributed by atoms with Gasteiger partial charge in [-0.15, -0.1) is 11.3 Å². The highest BCUT2D eigenvalue weighted by Crippen LogP contribution is 2.29. The number of benzene rings is 1. The second-order valence-electron chi connectivity index (χ2n) is 7.02. The van der Waals surface area contributed by atoms with E-state index in [-0.39, 0.29) is 18.4 Å². The van der Waals surface area contributed by atoms with Gasteiger partial charge >= 0.3 is 0 Å². The van der Waals surface area contributed by atoms with Crippen LogP contribution in [0.25, 0.3) is 11.3 Å². The van der Waals surface area contributed by atoms with E-state index >= 15 is 0 Å². The maximum atomic E-state index is 12.8. The van der Waals surface area contributed by atoms with E-state index < -0.39 is 0 Å². The van der Waals surface area contributed by atoms with Crippen LogP contribution in [0.15, 0.2) is 46.2 Å². The molecule has 154 valence electrons. The number of hydrogen-bond donors (Lipinski definition) is 2. The van der Waals surface area contributed by atoms with Crippen molar-refractivity contribution in [3.05, 3.63) is 46.2 Å². The molecule has 0 spiro atoms. The molecule has 11 heteroatoms. The maximum Gasteiger partial charge on any atom is 0.280 e. The zero-order valence-corrected chi connectivity index (χ0v) is 17.6. The van der Waals surface area contributed by atoms with Crippen molar-refractivity contribution < 1.29 is 9.59 Å². The Labute approximate surface area is 181 Å². The Morgan fingerprint density at radius 2 is 2.13 bits per heavy atom. The highest BCUT2D eigenvalue weighted by molar-refractivity contribution is 7.14. The van der Waals surface area contributed by atoms with Crippen LogP contribution in [0.5, 0.6) is 0 Å². The van der Waals surface area contributed by atoms with E-state index in [2.05, 4.69) is 20.6 Å². The number of likely N-dealkylation sites (N-methyl/N-ethyl adjacent to an activating group) is 1. The molecule has 0 saturated carbocycles. The molecule has 1 aromatic heterocycles. The molecule has 3 aliphatic heterocycles. The van der Waals surface area contributed by atoms with Crippen LogP contribution in [0, 0.1) is 0 Å². The van der Waals surface area contributed by atoms with Crippen LogP contribution in [-0.4, -0.2) is 70.8 Å². The molecule has 0 fully saturated rings. The van der Waals surface area contributed by atoms with Crippen molar-refractivity contribution in [2.45, 2.75) is 0 Å². The van der Waals surface area contributed by atoms with E-state index in [0.29, 0.717) is 41.6 Å². The summed E-state index contributed by atoms with van der Waals surface area (Å²) in [5.41, 5.74) is 2.19. The van der Waals surface area contributed by atoms with E-state index in [1.807, 2.05) is 22.4 Å². The number of carbonyl (C=O) groups excluding carboxylic acids is 2. The molecule has 5 rings (SSSR count). The third kappa shape index (κ3) is 3.17. The van der Waals surface area contributed by atoms with Gasteiger partial charge in [0.05, 0.1) is 25.5 Å². The van der Waals surface area contributed by atoms with Crippen LogP contribution in [0.2, 0.25) is 5.02 Å². The molecule has 2 aromatic rings. The van der Waals surface area contributed by atoms with Gasteiger partial charge in [0.15, 0.2) is 5.13 Å². The molecule has 0 unspecified atom stereocenters. The van der Waals surface area contributed by atoms with Crippen molar-refractivity contribution >= 4 is 45.8 Å². The van der Waals surface area contributed by atoms with Crippen LogP contribution in [0.1, 0.15) is 0 Å². The highest BCUT2D eigenvalue weighted by atomic mass is 35.5. The summed E-state index contributed by atoms with van der Waals surface area (Å²) < 4.78 is 0. The summed E-state index contributed by atoms with van der Waals surface area (Å²) in [6.07, 6.45) is 0. The van der Waals surface area contributed by atoms with Gasteiger partial charge in [-0.2, -0.15) is 0 Å². The second-order valence-corrected chi connectivity index (χ2v) is 8.32. The molecule has 30 heavy (non-hydrogen) atoms. The first kappa shape index (κ1) is 18.9. The van der Waals surface area contributed by atoms with E-state index in [9.17, 15) is 9.59 Å². The van der Waals surface area contributed by atoms with Crippen molar-refractivity contribution in [3.8, 4) is 11.3 Å². The Kier molecular flexibility index (Phi) is 4.59. The summed E-state index contributed by atoms with van der Waals surface area (Å²) in [6, 6.07) is 7.37. The molecule has 0 bridgehead atoms. The summed E-state index contributed by atoms with van der Waals surface area (Å²) in [6.45, 7) is 1.79. The molecular weight excluding hydrogens is 426 g/mol. The lowest BCUT2D eigenvalue weighted by Crippen LogP contribution is -2.50. The van der Waals surface area contributed by atoms with E-state index in [0.717, 1.165) is 17.1 Å². The molecule has 1 aromatic carbocycles. The van der Waals surface area contributed by atoms with Crippen molar-refractivity contribution in [2.75, 3.05) is 38.7 Å². The van der Waals surface area contributed by atoms with Gasteiger partial charge in [0.2, 0.25) is 11.9 Å². The predicted octanol–water partition coefficient (Wildman–Crippen LogP) is 1.58. The van der Waals surface area contributed by atoms with Gasteiger partial charge < -0.3 is 15.5 Å². The molecule has 3 aliphatic rings. The summed E-state index contributed by atoms with van der Waals surface area (Å²) >= 11 is 7.28. The highest BCUT2D eigenvalue weighted by Gasteiger charge is 2.43. The molecule has 2 N–H and O–H groups in total. The van der Waals surface area contributed by atoms with Gasteiger partial charge in [0.25, 0.3) is 5.91 Å². The third-order valence-electron chi connectivity index (χ3n) is 5.10. The van der Waals surface area contributed by atoms with Crippen LogP contribution in [-0.2, 0) is 9.59 Å². The fraction of sp³-hybridized carbons (Fsp3) is 0.263. The minimum absolute atomic E-state index is 0.0432. The Morgan fingerprint density at radius 3 is 2.93 bits per heavy atom. The first-order valence-electron chi connectivity index (χ1n) is 9.36. The first-order valence-corrected chi connectivity index (χ1v) is 10.6. The molecule has 0 radical (unpaired) electrons. The Balaban J connectivity index is 1.28. The lowest BCUT2D eigenvalue weighted by Gasteiger charge is -2.33. The van der Waals surface area contributed by atoms with Crippen LogP contribution < -0.4 is 10.6 Å². The average molecular weight is 444 g/mol. The monoisotopic (exact) mass is 443 g/mol. The van der Waals surface area contributed by atoms with Gasteiger partial charge in [-0.25, -0.2) is 4.98 Å². The van der Waals surface area contributed by atoms with Gasteiger partial charge in [-0.05, 0) is 12.1 Å². The number of carbonyl (C=O) groups is 2. The minimum atomic E-state index is -0.237. The number of nitrogens with zero attached hydrogens (tertiary/aromatic N) is 5. The standard InChI is InChI=1S/C19H18ClN7O2S/c1-25-17(29)15-16(27-7-6-21-19(25)27)22-10-26(15)8-14(28)24-18-23-13(9-30-18)11-2-4-12(20)5-3-11/h2-5,9,22H,6-8,10H2,1H3,(H,23,24,28). The number of aromatic nitrogens is 1. The fourth-order valence-corrected chi connectivity index (χ4v) is 4.54. The Morgan fingerprint density at radius 1 is 1.33 bits per heavy atom.